The third-order valence-corrected chi connectivity index (χ3v) is 3.50. The molecule has 0 N–H and O–H groups in total. The molecule has 2 rings (SSSR count). The summed E-state index contributed by atoms with van der Waals surface area (Å²) in [6.45, 7) is 4.76. The fourth-order valence-corrected chi connectivity index (χ4v) is 2.43. The van der Waals surface area contributed by atoms with Crippen molar-refractivity contribution in [3.05, 3.63) is 36.0 Å². The first-order valence-corrected chi connectivity index (χ1v) is 6.99. The third kappa shape index (κ3) is 2.94. The number of rotatable bonds is 5. The van der Waals surface area contributed by atoms with Crippen molar-refractivity contribution in [1.29, 1.82) is 0 Å². The van der Waals surface area contributed by atoms with Crippen LogP contribution in [-0.2, 0) is 11.5 Å². The molecule has 1 aromatic heterocycles. The van der Waals surface area contributed by atoms with Gasteiger partial charge in [-0.1, -0.05) is 48.5 Å². The Labute approximate surface area is 112 Å². The second-order valence-corrected chi connectivity index (χ2v) is 5.33. The highest BCUT2D eigenvalue weighted by Crippen LogP contribution is 2.24. The molecule has 0 saturated carbocycles. The summed E-state index contributed by atoms with van der Waals surface area (Å²) in [4.78, 5) is 4.66. The van der Waals surface area contributed by atoms with E-state index in [-0.39, 0.29) is 0 Å². The Morgan fingerprint density at radius 1 is 1.28 bits per heavy atom. The zero-order valence-electron chi connectivity index (χ0n) is 11.0. The van der Waals surface area contributed by atoms with Gasteiger partial charge in [-0.3, -0.25) is 0 Å². The number of hydrogen-bond acceptors (Lipinski definition) is 3. The van der Waals surface area contributed by atoms with E-state index in [1.54, 1.807) is 18.9 Å². The molecular formula is C14H18N2OS. The van der Waals surface area contributed by atoms with Crippen LogP contribution in [0.15, 0.2) is 35.6 Å². The van der Waals surface area contributed by atoms with Crippen LogP contribution in [0.5, 0.6) is 0 Å². The number of imidazole rings is 1. The Hall–Kier alpha value is -1.26. The number of aromatic nitrogens is 2. The lowest BCUT2D eigenvalue weighted by Gasteiger charge is -2.03. The third-order valence-electron chi connectivity index (χ3n) is 2.63. The monoisotopic (exact) mass is 262 g/mol. The van der Waals surface area contributed by atoms with Gasteiger partial charge in [0, 0.05) is 18.9 Å². The number of ether oxygens (including phenoxy) is 1. The molecule has 0 bridgehead atoms. The summed E-state index contributed by atoms with van der Waals surface area (Å²) < 4.78 is 7.24. The second-order valence-electron chi connectivity index (χ2n) is 4.10. The van der Waals surface area contributed by atoms with Crippen molar-refractivity contribution in [3.63, 3.8) is 0 Å². The van der Waals surface area contributed by atoms with Gasteiger partial charge in [-0.25, -0.2) is 4.98 Å². The normalized spacial score (nSPS) is 10.8. The Morgan fingerprint density at radius 2 is 2.00 bits per heavy atom. The highest BCUT2D eigenvalue weighted by atomic mass is 32.2. The van der Waals surface area contributed by atoms with Crippen LogP contribution in [0.2, 0.25) is 0 Å². The van der Waals surface area contributed by atoms with E-state index in [1.165, 1.54) is 5.56 Å². The van der Waals surface area contributed by atoms with Crippen molar-refractivity contribution in [1.82, 2.24) is 9.55 Å². The number of aryl methyl sites for hydroxylation is 1. The van der Waals surface area contributed by atoms with E-state index in [0.717, 1.165) is 22.2 Å². The summed E-state index contributed by atoms with van der Waals surface area (Å²) in [5, 5.41) is 1.01. The molecule has 1 heterocycles. The van der Waals surface area contributed by atoms with Crippen LogP contribution < -0.4 is 0 Å². The molecule has 0 aliphatic rings. The number of nitrogens with zero attached hydrogens (tertiary/aromatic N) is 2. The van der Waals surface area contributed by atoms with E-state index in [9.17, 15) is 0 Å². The summed E-state index contributed by atoms with van der Waals surface area (Å²) in [5.41, 5.74) is 3.41. The van der Waals surface area contributed by atoms with Gasteiger partial charge in [-0.2, -0.15) is 0 Å². The standard InChI is InChI=1S/C14H18N2OS/c1-4-18-14-15-13(9-16(14)10-17-3)12-7-5-11(2)6-8-12/h5-9H,4,10H2,1-3H3. The van der Waals surface area contributed by atoms with Crippen molar-refractivity contribution in [3.8, 4) is 11.3 Å². The first-order valence-electron chi connectivity index (χ1n) is 6.00. The highest BCUT2D eigenvalue weighted by molar-refractivity contribution is 7.99. The smallest absolute Gasteiger partial charge is 0.170 e. The Balaban J connectivity index is 2.33. The molecule has 0 fully saturated rings. The van der Waals surface area contributed by atoms with Crippen LogP contribution >= 0.6 is 11.8 Å². The molecule has 4 heteroatoms. The SMILES string of the molecule is CCSc1nc(-c2ccc(C)cc2)cn1COC. The topological polar surface area (TPSA) is 27.1 Å². The van der Waals surface area contributed by atoms with E-state index < -0.39 is 0 Å². The average molecular weight is 262 g/mol. The highest BCUT2D eigenvalue weighted by Gasteiger charge is 2.09. The Morgan fingerprint density at radius 3 is 2.61 bits per heavy atom. The fraction of sp³-hybridized carbons (Fsp3) is 0.357. The molecular weight excluding hydrogens is 244 g/mol. The van der Waals surface area contributed by atoms with Gasteiger partial charge in [0.15, 0.2) is 5.16 Å². The van der Waals surface area contributed by atoms with Crippen LogP contribution in [0.1, 0.15) is 12.5 Å². The zero-order chi connectivity index (χ0) is 13.0. The quantitative estimate of drug-likeness (QED) is 0.771. The van der Waals surface area contributed by atoms with Crippen molar-refractivity contribution >= 4 is 11.8 Å². The predicted molar refractivity (Wildman–Crippen MR) is 75.8 cm³/mol. The molecule has 3 nitrogen and oxygen atoms in total. The maximum Gasteiger partial charge on any atom is 0.170 e. The molecule has 2 aromatic rings. The van der Waals surface area contributed by atoms with Gasteiger partial charge in [0.2, 0.25) is 0 Å². The zero-order valence-corrected chi connectivity index (χ0v) is 11.8. The molecule has 0 atom stereocenters. The van der Waals surface area contributed by atoms with Gasteiger partial charge in [0.1, 0.15) is 6.73 Å². The minimum absolute atomic E-state index is 0.543. The van der Waals surface area contributed by atoms with Crippen molar-refractivity contribution in [2.45, 2.75) is 25.7 Å². The van der Waals surface area contributed by atoms with E-state index in [1.807, 2.05) is 10.8 Å². The van der Waals surface area contributed by atoms with Crippen LogP contribution in [-0.4, -0.2) is 22.4 Å². The van der Waals surface area contributed by atoms with Gasteiger partial charge < -0.3 is 9.30 Å². The largest absolute Gasteiger partial charge is 0.364 e. The molecule has 0 radical (unpaired) electrons. The van der Waals surface area contributed by atoms with Gasteiger partial charge in [0.05, 0.1) is 5.69 Å². The summed E-state index contributed by atoms with van der Waals surface area (Å²) in [6.07, 6.45) is 2.05. The molecule has 0 amide bonds. The lowest BCUT2D eigenvalue weighted by Crippen LogP contribution is -1.99. The Kier molecular flexibility index (Phi) is 4.44. The average Bonchev–Trinajstić information content (AvgIpc) is 2.75. The molecule has 18 heavy (non-hydrogen) atoms. The van der Waals surface area contributed by atoms with Crippen LogP contribution in [0.25, 0.3) is 11.3 Å². The maximum absolute atomic E-state index is 5.19. The van der Waals surface area contributed by atoms with Crippen molar-refractivity contribution < 1.29 is 4.74 Å². The minimum atomic E-state index is 0.543. The van der Waals surface area contributed by atoms with E-state index in [2.05, 4.69) is 43.1 Å². The van der Waals surface area contributed by atoms with Crippen LogP contribution in [0.4, 0.5) is 0 Å². The number of thioether (sulfide) groups is 1. The van der Waals surface area contributed by atoms with E-state index in [4.69, 9.17) is 4.74 Å². The lowest BCUT2D eigenvalue weighted by molar-refractivity contribution is 0.124. The minimum Gasteiger partial charge on any atom is -0.364 e. The molecule has 0 aliphatic carbocycles. The number of hydrogen-bond donors (Lipinski definition) is 0. The molecule has 1 aromatic carbocycles. The fourth-order valence-electron chi connectivity index (χ4n) is 1.74. The first-order chi connectivity index (χ1) is 8.74. The second kappa shape index (κ2) is 6.07. The summed E-state index contributed by atoms with van der Waals surface area (Å²) >= 11 is 1.73. The maximum atomic E-state index is 5.19. The van der Waals surface area contributed by atoms with Crippen LogP contribution in [0.3, 0.4) is 0 Å². The van der Waals surface area contributed by atoms with Gasteiger partial charge in [-0.15, -0.1) is 0 Å². The van der Waals surface area contributed by atoms with Gasteiger partial charge in [-0.05, 0) is 12.7 Å². The molecule has 0 aliphatic heterocycles. The van der Waals surface area contributed by atoms with Crippen molar-refractivity contribution in [2.75, 3.05) is 12.9 Å². The first kappa shape index (κ1) is 13.2. The number of methoxy groups -OCH3 is 1. The molecule has 0 spiro atoms. The van der Waals surface area contributed by atoms with Crippen molar-refractivity contribution in [2.24, 2.45) is 0 Å². The van der Waals surface area contributed by atoms with Gasteiger partial charge in [0.25, 0.3) is 0 Å². The van der Waals surface area contributed by atoms with E-state index in [0.29, 0.717) is 6.73 Å². The molecule has 96 valence electrons. The molecule has 0 saturated heterocycles. The molecule has 0 unspecified atom stereocenters. The lowest BCUT2D eigenvalue weighted by atomic mass is 10.1. The number of benzene rings is 1. The summed E-state index contributed by atoms with van der Waals surface area (Å²) in [6, 6.07) is 8.43. The summed E-state index contributed by atoms with van der Waals surface area (Å²) in [5.74, 6) is 1.01. The van der Waals surface area contributed by atoms with E-state index >= 15 is 0 Å². The van der Waals surface area contributed by atoms with Gasteiger partial charge >= 0.3 is 0 Å². The Bertz CT molecular complexity index is 482. The van der Waals surface area contributed by atoms with Crippen LogP contribution in [0, 0.1) is 6.92 Å². The predicted octanol–water partition coefficient (Wildman–Crippen LogP) is 3.57. The summed E-state index contributed by atoms with van der Waals surface area (Å²) in [7, 11) is 1.70.